The zero-order valence-electron chi connectivity index (χ0n) is 27.0. The molecule has 3 aliphatic carbocycles. The summed E-state index contributed by atoms with van der Waals surface area (Å²) in [7, 11) is -3.92. The number of amides is 5. The predicted molar refractivity (Wildman–Crippen MR) is 171 cm³/mol. The third-order valence-corrected chi connectivity index (χ3v) is 10.3. The van der Waals surface area contributed by atoms with E-state index in [1.165, 1.54) is 6.08 Å². The molecule has 3 aliphatic rings. The van der Waals surface area contributed by atoms with E-state index in [9.17, 15) is 32.4 Å². The highest BCUT2D eigenvalue weighted by molar-refractivity contribution is 7.91. The molecule has 3 saturated carbocycles. The summed E-state index contributed by atoms with van der Waals surface area (Å²) >= 11 is 0. The van der Waals surface area contributed by atoms with Crippen LogP contribution in [-0.2, 0) is 40.5 Å². The van der Waals surface area contributed by atoms with Crippen LogP contribution in [0, 0.1) is 11.3 Å². The maximum atomic E-state index is 13.7. The van der Waals surface area contributed by atoms with E-state index in [1.54, 1.807) is 45.0 Å². The average molecular weight is 676 g/mol. The van der Waals surface area contributed by atoms with E-state index in [1.807, 2.05) is 6.07 Å². The Morgan fingerprint density at radius 1 is 0.979 bits per heavy atom. The summed E-state index contributed by atoms with van der Waals surface area (Å²) in [5.74, 6) is -3.10. The lowest BCUT2D eigenvalue weighted by atomic mass is 9.86. The van der Waals surface area contributed by atoms with Gasteiger partial charge in [0.25, 0.3) is 5.91 Å². The molecule has 15 heteroatoms. The van der Waals surface area contributed by atoms with Crippen LogP contribution in [-0.4, -0.2) is 73.8 Å². The molecule has 47 heavy (non-hydrogen) atoms. The molecular weight excluding hydrogens is 630 g/mol. The van der Waals surface area contributed by atoms with Crippen LogP contribution in [0.3, 0.4) is 0 Å². The van der Waals surface area contributed by atoms with E-state index in [0.717, 1.165) is 31.2 Å². The fourth-order valence-corrected chi connectivity index (χ4v) is 6.80. The van der Waals surface area contributed by atoms with Crippen molar-refractivity contribution in [2.45, 2.75) is 101 Å². The van der Waals surface area contributed by atoms with Crippen LogP contribution in [0.2, 0.25) is 0 Å². The van der Waals surface area contributed by atoms with E-state index in [2.05, 4.69) is 32.6 Å². The molecule has 4 atom stereocenters. The lowest BCUT2D eigenvalue weighted by molar-refractivity contribution is -0.133. The van der Waals surface area contributed by atoms with Gasteiger partial charge in [0.1, 0.15) is 30.3 Å². The second kappa shape index (κ2) is 14.7. The Morgan fingerprint density at radius 2 is 1.64 bits per heavy atom. The van der Waals surface area contributed by atoms with Crippen LogP contribution in [0.15, 0.2) is 43.0 Å². The third-order valence-electron chi connectivity index (χ3n) is 8.51. The summed E-state index contributed by atoms with van der Waals surface area (Å²) < 4.78 is 37.8. The van der Waals surface area contributed by atoms with Crippen LogP contribution in [0.4, 0.5) is 9.59 Å². The minimum atomic E-state index is -3.92. The molecule has 0 saturated heterocycles. The lowest BCUT2D eigenvalue weighted by Gasteiger charge is -2.32. The van der Waals surface area contributed by atoms with Gasteiger partial charge in [-0.05, 0) is 55.9 Å². The second-order valence-corrected chi connectivity index (χ2v) is 15.4. The number of nitrogens with one attached hydrogen (secondary N) is 5. The van der Waals surface area contributed by atoms with Gasteiger partial charge in [-0.2, -0.15) is 0 Å². The van der Waals surface area contributed by atoms with Gasteiger partial charge in [0.05, 0.1) is 11.8 Å². The quantitative estimate of drug-likeness (QED) is 0.184. The number of rotatable bonds is 14. The Morgan fingerprint density at radius 3 is 2.21 bits per heavy atom. The van der Waals surface area contributed by atoms with Crippen molar-refractivity contribution in [1.82, 2.24) is 26.0 Å². The molecule has 0 radical (unpaired) electrons. The number of alkyl carbamates (subject to hydrolysis) is 2. The molecule has 1 aromatic carbocycles. The van der Waals surface area contributed by atoms with Crippen molar-refractivity contribution in [3.8, 4) is 0 Å². The van der Waals surface area contributed by atoms with Gasteiger partial charge in [0, 0.05) is 5.92 Å². The van der Waals surface area contributed by atoms with E-state index in [4.69, 9.17) is 9.47 Å². The number of carbonyl (C=O) groups excluding carboxylic acids is 5. The van der Waals surface area contributed by atoms with Gasteiger partial charge < -0.3 is 30.7 Å². The van der Waals surface area contributed by atoms with E-state index in [-0.39, 0.29) is 19.1 Å². The number of hydrogen-bond donors (Lipinski definition) is 5. The monoisotopic (exact) mass is 675 g/mol. The molecular formula is C32H45N5O9S. The van der Waals surface area contributed by atoms with Crippen molar-refractivity contribution in [3.63, 3.8) is 0 Å². The molecule has 0 heterocycles. The van der Waals surface area contributed by atoms with Gasteiger partial charge >= 0.3 is 12.2 Å². The van der Waals surface area contributed by atoms with E-state index >= 15 is 0 Å². The highest BCUT2D eigenvalue weighted by atomic mass is 32.2. The summed E-state index contributed by atoms with van der Waals surface area (Å²) in [4.78, 5) is 65.9. The number of ether oxygens (including phenoxy) is 2. The molecule has 14 nitrogen and oxygen atoms in total. The molecule has 0 spiro atoms. The molecule has 3 fully saturated rings. The number of sulfonamides is 1. The average Bonchev–Trinajstić information content (AvgIpc) is 3.93. The maximum Gasteiger partial charge on any atom is 0.408 e. The standard InChI is InChI=1S/C32H45N5O9S/c1-5-21-17-32(21,28(40)37-47(43,44)23-15-16-23)36-26(38)24(18-33-29(41)45-19-20-11-7-6-8-12-20)34-27(39)25(31(2,3)4)35-30(42)46-22-13-9-10-14-22/h5-8,11-12,21-25H,1,9-10,13-19H2,2-4H3,(H,33,41)(H,34,39)(H,35,42)(H,36,38)(H,37,40)/t21-,24+,25-,32-/m1/s1. The lowest BCUT2D eigenvalue weighted by Crippen LogP contribution is -2.62. The molecule has 0 unspecified atom stereocenters. The number of benzene rings is 1. The smallest absolute Gasteiger partial charge is 0.408 e. The SMILES string of the molecule is C=C[C@@H]1C[C@]1(NC(=O)[C@H](CNC(=O)OCc1ccccc1)NC(=O)[C@@H](NC(=O)OC1CCCC1)C(C)(C)C)C(=O)NS(=O)(=O)C1CC1. The summed E-state index contributed by atoms with van der Waals surface area (Å²) in [5.41, 5.74) is -1.72. The van der Waals surface area contributed by atoms with Gasteiger partial charge in [-0.1, -0.05) is 57.2 Å². The zero-order valence-corrected chi connectivity index (χ0v) is 27.8. The van der Waals surface area contributed by atoms with Crippen LogP contribution in [0.1, 0.15) is 71.3 Å². The van der Waals surface area contributed by atoms with Crippen LogP contribution < -0.4 is 26.0 Å². The van der Waals surface area contributed by atoms with Gasteiger partial charge in [-0.25, -0.2) is 18.0 Å². The minimum absolute atomic E-state index is 0.0468. The number of carbonyl (C=O) groups is 5. The fraction of sp³-hybridized carbons (Fsp3) is 0.594. The highest BCUT2D eigenvalue weighted by Crippen LogP contribution is 2.45. The molecule has 4 rings (SSSR count). The highest BCUT2D eigenvalue weighted by Gasteiger charge is 2.61. The normalized spacial score (nSPS) is 22.1. The van der Waals surface area contributed by atoms with Crippen molar-refractivity contribution in [3.05, 3.63) is 48.6 Å². The summed E-state index contributed by atoms with van der Waals surface area (Å²) in [6.07, 6.45) is 3.86. The van der Waals surface area contributed by atoms with Crippen molar-refractivity contribution in [2.75, 3.05) is 6.54 Å². The van der Waals surface area contributed by atoms with Gasteiger partial charge in [0.15, 0.2) is 0 Å². The largest absolute Gasteiger partial charge is 0.446 e. The third kappa shape index (κ3) is 9.69. The van der Waals surface area contributed by atoms with Crippen LogP contribution >= 0.6 is 0 Å². The Bertz CT molecular complexity index is 1450. The molecule has 5 N–H and O–H groups in total. The predicted octanol–water partition coefficient (Wildman–Crippen LogP) is 2.15. The van der Waals surface area contributed by atoms with Crippen molar-refractivity contribution in [2.24, 2.45) is 11.3 Å². The molecule has 258 valence electrons. The second-order valence-electron chi connectivity index (χ2n) is 13.4. The summed E-state index contributed by atoms with van der Waals surface area (Å²) in [5, 5.41) is 9.59. The minimum Gasteiger partial charge on any atom is -0.446 e. The van der Waals surface area contributed by atoms with Gasteiger partial charge in [0.2, 0.25) is 21.8 Å². The van der Waals surface area contributed by atoms with Crippen molar-refractivity contribution in [1.29, 1.82) is 0 Å². The Labute approximate surface area is 275 Å². The Kier molecular flexibility index (Phi) is 11.2. The van der Waals surface area contributed by atoms with Gasteiger partial charge in [-0.15, -0.1) is 6.58 Å². The Balaban J connectivity index is 1.48. The molecule has 0 aliphatic heterocycles. The van der Waals surface area contributed by atoms with Gasteiger partial charge in [-0.3, -0.25) is 19.1 Å². The molecule has 1 aromatic rings. The first-order valence-electron chi connectivity index (χ1n) is 15.9. The molecule has 5 amide bonds. The molecule has 0 aromatic heterocycles. The first-order valence-corrected chi connectivity index (χ1v) is 17.4. The fourth-order valence-electron chi connectivity index (χ4n) is 5.43. The summed E-state index contributed by atoms with van der Waals surface area (Å²) in [6.45, 7) is 8.35. The van der Waals surface area contributed by atoms with E-state index < -0.39 is 80.7 Å². The first-order chi connectivity index (χ1) is 22.1. The van der Waals surface area contributed by atoms with E-state index in [0.29, 0.717) is 12.8 Å². The maximum absolute atomic E-state index is 13.7. The van der Waals surface area contributed by atoms with Crippen LogP contribution in [0.5, 0.6) is 0 Å². The van der Waals surface area contributed by atoms with Crippen LogP contribution in [0.25, 0.3) is 0 Å². The molecule has 0 bridgehead atoms. The topological polar surface area (TPSA) is 198 Å². The zero-order chi connectivity index (χ0) is 34.4. The Hall–Kier alpha value is -4.14. The summed E-state index contributed by atoms with van der Waals surface area (Å²) in [6, 6.07) is 6.30. The first kappa shape index (κ1) is 35.7. The number of hydrogen-bond acceptors (Lipinski definition) is 9. The van der Waals surface area contributed by atoms with Crippen molar-refractivity contribution >= 4 is 39.9 Å². The van der Waals surface area contributed by atoms with Crippen molar-refractivity contribution < 1.29 is 41.9 Å².